The minimum atomic E-state index is 0.742. The number of imidazole rings is 1. The number of rotatable bonds is 6. The second kappa shape index (κ2) is 10.4. The lowest BCUT2D eigenvalue weighted by Crippen LogP contribution is -1.99. The van der Waals surface area contributed by atoms with Gasteiger partial charge in [-0.2, -0.15) is 0 Å². The van der Waals surface area contributed by atoms with Crippen LogP contribution < -0.4 is 18.9 Å². The largest absolute Gasteiger partial charge is 0.493 e. The highest BCUT2D eigenvalue weighted by Crippen LogP contribution is 2.28. The fraction of sp³-hybridized carbons (Fsp3) is 0.240. The van der Waals surface area contributed by atoms with E-state index < -0.39 is 0 Å². The van der Waals surface area contributed by atoms with Gasteiger partial charge in [-0.25, -0.2) is 4.98 Å². The van der Waals surface area contributed by atoms with E-state index in [2.05, 4.69) is 15.6 Å². The molecule has 0 aliphatic rings. The molecule has 1 heterocycles. The van der Waals surface area contributed by atoms with Crippen molar-refractivity contribution in [3.63, 3.8) is 0 Å². The van der Waals surface area contributed by atoms with Crippen molar-refractivity contribution in [1.82, 2.24) is 9.55 Å². The van der Waals surface area contributed by atoms with Gasteiger partial charge in [0.1, 0.15) is 0 Å². The van der Waals surface area contributed by atoms with Crippen LogP contribution in [0.5, 0.6) is 23.0 Å². The number of fused-ring (bicyclic) bond motifs is 1. The van der Waals surface area contributed by atoms with Gasteiger partial charge in [0.25, 0.3) is 0 Å². The first-order valence-corrected chi connectivity index (χ1v) is 9.89. The number of aryl methyl sites for hydroxylation is 1. The Morgan fingerprint density at radius 3 is 2.00 bits per heavy atom. The number of hydrogen-bond acceptors (Lipinski definition) is 5. The van der Waals surface area contributed by atoms with Crippen LogP contribution >= 0.6 is 0 Å². The number of hydrogen-bond donors (Lipinski definition) is 0. The topological polar surface area (TPSA) is 54.7 Å². The van der Waals surface area contributed by atoms with Gasteiger partial charge >= 0.3 is 0 Å². The SMILES string of the molecule is COc1ccc(C)cc1OC.COc1ccc(Cn2cnc3ccccc32)cc1OC. The Morgan fingerprint density at radius 2 is 1.32 bits per heavy atom. The Bertz CT molecular complexity index is 1140. The second-order valence-electron chi connectivity index (χ2n) is 6.91. The summed E-state index contributed by atoms with van der Waals surface area (Å²) in [5.41, 5.74) is 4.45. The lowest BCUT2D eigenvalue weighted by atomic mass is 10.2. The molecule has 3 aromatic carbocycles. The van der Waals surface area contributed by atoms with Crippen LogP contribution in [0.4, 0.5) is 0 Å². The van der Waals surface area contributed by atoms with Gasteiger partial charge in [-0.3, -0.25) is 0 Å². The molecule has 4 rings (SSSR count). The van der Waals surface area contributed by atoms with Crippen LogP contribution in [-0.4, -0.2) is 38.0 Å². The highest BCUT2D eigenvalue weighted by atomic mass is 16.5. The molecular weight excluding hydrogens is 392 g/mol. The van der Waals surface area contributed by atoms with Gasteiger partial charge in [0.05, 0.1) is 45.8 Å². The van der Waals surface area contributed by atoms with E-state index in [0.717, 1.165) is 46.1 Å². The lowest BCUT2D eigenvalue weighted by Gasteiger charge is -2.10. The first-order chi connectivity index (χ1) is 15.1. The first-order valence-electron chi connectivity index (χ1n) is 9.89. The summed E-state index contributed by atoms with van der Waals surface area (Å²) in [6.45, 7) is 2.77. The van der Waals surface area contributed by atoms with Crippen molar-refractivity contribution in [1.29, 1.82) is 0 Å². The van der Waals surface area contributed by atoms with Gasteiger partial charge in [-0.15, -0.1) is 0 Å². The van der Waals surface area contributed by atoms with Crippen molar-refractivity contribution in [3.05, 3.63) is 78.1 Å². The van der Waals surface area contributed by atoms with Crippen LogP contribution in [0.2, 0.25) is 0 Å². The number of ether oxygens (including phenoxy) is 4. The Morgan fingerprint density at radius 1 is 0.710 bits per heavy atom. The smallest absolute Gasteiger partial charge is 0.161 e. The van der Waals surface area contributed by atoms with Crippen molar-refractivity contribution in [2.75, 3.05) is 28.4 Å². The van der Waals surface area contributed by atoms with E-state index in [0.29, 0.717) is 0 Å². The fourth-order valence-corrected chi connectivity index (χ4v) is 3.26. The maximum Gasteiger partial charge on any atom is 0.161 e. The zero-order valence-corrected chi connectivity index (χ0v) is 18.6. The van der Waals surface area contributed by atoms with Gasteiger partial charge in [0.2, 0.25) is 0 Å². The highest BCUT2D eigenvalue weighted by molar-refractivity contribution is 5.75. The number of nitrogens with zero attached hydrogens (tertiary/aromatic N) is 2. The van der Waals surface area contributed by atoms with Gasteiger partial charge in [-0.05, 0) is 54.4 Å². The summed E-state index contributed by atoms with van der Waals surface area (Å²) in [7, 11) is 6.56. The number of para-hydroxylation sites is 2. The summed E-state index contributed by atoms with van der Waals surface area (Å²) < 4.78 is 22.9. The van der Waals surface area contributed by atoms with E-state index in [1.165, 1.54) is 5.56 Å². The predicted molar refractivity (Wildman–Crippen MR) is 123 cm³/mol. The van der Waals surface area contributed by atoms with Crippen LogP contribution in [0, 0.1) is 6.92 Å². The zero-order valence-electron chi connectivity index (χ0n) is 18.6. The van der Waals surface area contributed by atoms with Gasteiger partial charge in [0.15, 0.2) is 23.0 Å². The summed E-state index contributed by atoms with van der Waals surface area (Å²) in [6.07, 6.45) is 1.86. The molecule has 0 radical (unpaired) electrons. The minimum Gasteiger partial charge on any atom is -0.493 e. The number of methoxy groups -OCH3 is 4. The third-order valence-electron chi connectivity index (χ3n) is 4.87. The van der Waals surface area contributed by atoms with Crippen molar-refractivity contribution in [2.45, 2.75) is 13.5 Å². The average Bonchev–Trinajstić information content (AvgIpc) is 3.22. The van der Waals surface area contributed by atoms with Crippen LogP contribution in [0.15, 0.2) is 67.0 Å². The van der Waals surface area contributed by atoms with Crippen LogP contribution in [0.1, 0.15) is 11.1 Å². The molecule has 162 valence electrons. The van der Waals surface area contributed by atoms with E-state index in [1.807, 2.05) is 67.8 Å². The average molecular weight is 421 g/mol. The third kappa shape index (κ3) is 5.28. The monoisotopic (exact) mass is 420 g/mol. The molecule has 6 heteroatoms. The second-order valence-corrected chi connectivity index (χ2v) is 6.91. The fourth-order valence-electron chi connectivity index (χ4n) is 3.26. The standard InChI is InChI=1S/C16H16N2O2.C9H12O2/c1-19-15-8-7-12(9-16(15)20-2)10-18-11-17-13-5-3-4-6-14(13)18;1-7-4-5-8(10-2)9(6-7)11-3/h3-9,11H,10H2,1-2H3;4-6H,1-3H3. The van der Waals surface area contributed by atoms with E-state index in [4.69, 9.17) is 18.9 Å². The summed E-state index contributed by atoms with van der Waals surface area (Å²) in [5, 5.41) is 0. The molecule has 0 atom stereocenters. The Labute approximate surface area is 183 Å². The van der Waals surface area contributed by atoms with E-state index in [-0.39, 0.29) is 0 Å². The maximum atomic E-state index is 5.33. The van der Waals surface area contributed by atoms with Crippen molar-refractivity contribution in [3.8, 4) is 23.0 Å². The molecule has 0 spiro atoms. The molecule has 0 saturated carbocycles. The van der Waals surface area contributed by atoms with Crippen molar-refractivity contribution < 1.29 is 18.9 Å². The maximum absolute atomic E-state index is 5.33. The molecule has 0 amide bonds. The summed E-state index contributed by atoms with van der Waals surface area (Å²) in [6, 6.07) is 19.9. The Balaban J connectivity index is 0.000000210. The quantitative estimate of drug-likeness (QED) is 0.434. The Hall–Kier alpha value is -3.67. The number of aromatic nitrogens is 2. The summed E-state index contributed by atoms with van der Waals surface area (Å²) >= 11 is 0. The van der Waals surface area contributed by atoms with E-state index >= 15 is 0 Å². The molecule has 6 nitrogen and oxygen atoms in total. The summed E-state index contributed by atoms with van der Waals surface area (Å²) in [4.78, 5) is 4.40. The lowest BCUT2D eigenvalue weighted by molar-refractivity contribution is 0.354. The molecule has 0 saturated heterocycles. The van der Waals surface area contributed by atoms with Crippen LogP contribution in [0.25, 0.3) is 11.0 Å². The normalized spacial score (nSPS) is 10.2. The molecule has 31 heavy (non-hydrogen) atoms. The molecule has 0 unspecified atom stereocenters. The molecular formula is C25H28N2O4. The predicted octanol–water partition coefficient (Wildman–Crippen LogP) is 5.11. The minimum absolute atomic E-state index is 0.742. The van der Waals surface area contributed by atoms with Gasteiger partial charge in [0, 0.05) is 6.54 Å². The van der Waals surface area contributed by atoms with Crippen molar-refractivity contribution in [2.24, 2.45) is 0 Å². The molecule has 0 N–H and O–H groups in total. The zero-order chi connectivity index (χ0) is 22.2. The summed E-state index contributed by atoms with van der Waals surface area (Å²) in [5.74, 6) is 3.05. The Kier molecular flexibility index (Phi) is 7.38. The van der Waals surface area contributed by atoms with E-state index in [1.54, 1.807) is 28.4 Å². The van der Waals surface area contributed by atoms with Crippen molar-refractivity contribution >= 4 is 11.0 Å². The van der Waals surface area contributed by atoms with E-state index in [9.17, 15) is 0 Å². The van der Waals surface area contributed by atoms with Gasteiger partial charge in [-0.1, -0.05) is 24.3 Å². The molecule has 1 aromatic heterocycles. The molecule has 0 fully saturated rings. The first kappa shape index (κ1) is 22.0. The number of benzene rings is 3. The highest BCUT2D eigenvalue weighted by Gasteiger charge is 2.07. The van der Waals surface area contributed by atoms with Gasteiger partial charge < -0.3 is 23.5 Å². The molecule has 0 bridgehead atoms. The molecule has 0 aliphatic carbocycles. The van der Waals surface area contributed by atoms with Crippen LogP contribution in [-0.2, 0) is 6.54 Å². The molecule has 0 aliphatic heterocycles. The van der Waals surface area contributed by atoms with Crippen LogP contribution in [0.3, 0.4) is 0 Å². The molecule has 4 aromatic rings. The third-order valence-corrected chi connectivity index (χ3v) is 4.87.